The van der Waals surface area contributed by atoms with Crippen molar-refractivity contribution in [2.45, 2.75) is 12.7 Å². The molecule has 1 heterocycles. The summed E-state index contributed by atoms with van der Waals surface area (Å²) < 4.78 is 5.00. The third-order valence-corrected chi connectivity index (χ3v) is 3.90. The van der Waals surface area contributed by atoms with Crippen molar-refractivity contribution in [1.82, 2.24) is 5.32 Å². The standard InChI is InChI=1S/C15H17NO4S/c1-20-8-10-6-14(21-9-10)15(19)16-7-13(18)11-2-4-12(17)5-3-11/h2-6,9,13,17-18H,7-8H2,1H3,(H,16,19). The number of aromatic hydroxyl groups is 1. The highest BCUT2D eigenvalue weighted by Gasteiger charge is 2.12. The van der Waals surface area contributed by atoms with Crippen LogP contribution < -0.4 is 5.32 Å². The minimum atomic E-state index is -0.812. The van der Waals surface area contributed by atoms with Crippen molar-refractivity contribution >= 4 is 17.2 Å². The van der Waals surface area contributed by atoms with Gasteiger partial charge in [-0.05, 0) is 34.7 Å². The normalized spacial score (nSPS) is 12.1. The molecule has 6 heteroatoms. The lowest BCUT2D eigenvalue weighted by molar-refractivity contribution is 0.0920. The van der Waals surface area contributed by atoms with E-state index in [1.807, 2.05) is 5.38 Å². The minimum Gasteiger partial charge on any atom is -0.508 e. The van der Waals surface area contributed by atoms with Crippen molar-refractivity contribution in [3.63, 3.8) is 0 Å². The Balaban J connectivity index is 1.89. The van der Waals surface area contributed by atoms with Gasteiger partial charge in [0.15, 0.2) is 0 Å². The number of thiophene rings is 1. The molecule has 3 N–H and O–H groups in total. The maximum Gasteiger partial charge on any atom is 0.261 e. The molecule has 0 spiro atoms. The number of phenols is 1. The lowest BCUT2D eigenvalue weighted by Crippen LogP contribution is -2.27. The fraction of sp³-hybridized carbons (Fsp3) is 0.267. The van der Waals surface area contributed by atoms with E-state index in [2.05, 4.69) is 5.32 Å². The Morgan fingerprint density at radius 3 is 2.76 bits per heavy atom. The third kappa shape index (κ3) is 4.29. The van der Waals surface area contributed by atoms with Crippen molar-refractivity contribution in [3.05, 3.63) is 51.7 Å². The van der Waals surface area contributed by atoms with Crippen LogP contribution in [0.15, 0.2) is 35.7 Å². The van der Waals surface area contributed by atoms with E-state index in [0.717, 1.165) is 5.56 Å². The summed E-state index contributed by atoms with van der Waals surface area (Å²) in [5.74, 6) is -0.0839. The molecule has 2 rings (SSSR count). The zero-order valence-electron chi connectivity index (χ0n) is 11.6. The number of amides is 1. The van der Waals surface area contributed by atoms with Gasteiger partial charge in [0, 0.05) is 13.7 Å². The quantitative estimate of drug-likeness (QED) is 0.763. The van der Waals surface area contributed by atoms with Gasteiger partial charge in [-0.2, -0.15) is 0 Å². The molecule has 0 bridgehead atoms. The molecule has 21 heavy (non-hydrogen) atoms. The molecule has 0 saturated carbocycles. The van der Waals surface area contributed by atoms with E-state index in [1.54, 1.807) is 25.3 Å². The van der Waals surface area contributed by atoms with Crippen LogP contribution in [-0.4, -0.2) is 29.8 Å². The highest BCUT2D eigenvalue weighted by atomic mass is 32.1. The summed E-state index contributed by atoms with van der Waals surface area (Å²) in [5, 5.41) is 23.7. The average molecular weight is 307 g/mol. The van der Waals surface area contributed by atoms with Gasteiger partial charge in [-0.1, -0.05) is 12.1 Å². The van der Waals surface area contributed by atoms with Crippen molar-refractivity contribution < 1.29 is 19.7 Å². The van der Waals surface area contributed by atoms with Crippen LogP contribution in [0.1, 0.15) is 26.9 Å². The molecule has 5 nitrogen and oxygen atoms in total. The average Bonchev–Trinajstić information content (AvgIpc) is 2.94. The van der Waals surface area contributed by atoms with E-state index in [-0.39, 0.29) is 18.2 Å². The third-order valence-electron chi connectivity index (χ3n) is 2.92. The maximum absolute atomic E-state index is 12.0. The SMILES string of the molecule is COCc1csc(C(=O)NCC(O)c2ccc(O)cc2)c1. The number of aliphatic hydroxyl groups excluding tert-OH is 1. The Kier molecular flexibility index (Phi) is 5.32. The Bertz CT molecular complexity index is 594. The van der Waals surface area contributed by atoms with Crippen molar-refractivity contribution in [3.8, 4) is 5.75 Å². The lowest BCUT2D eigenvalue weighted by Gasteiger charge is -2.11. The van der Waals surface area contributed by atoms with E-state index in [1.165, 1.54) is 23.5 Å². The molecular formula is C15H17NO4S. The fourth-order valence-corrected chi connectivity index (χ4v) is 2.64. The van der Waals surface area contributed by atoms with Gasteiger partial charge in [0.1, 0.15) is 5.75 Å². The minimum absolute atomic E-state index is 0.112. The zero-order valence-corrected chi connectivity index (χ0v) is 12.4. The number of rotatable bonds is 6. The number of carbonyl (C=O) groups is 1. The zero-order chi connectivity index (χ0) is 15.2. The highest BCUT2D eigenvalue weighted by Crippen LogP contribution is 2.18. The summed E-state index contributed by atoms with van der Waals surface area (Å²) in [4.78, 5) is 12.5. The fourth-order valence-electron chi connectivity index (χ4n) is 1.83. The molecular weight excluding hydrogens is 290 g/mol. The number of carbonyl (C=O) groups excluding carboxylic acids is 1. The molecule has 0 aliphatic heterocycles. The molecule has 1 unspecified atom stereocenters. The molecule has 0 radical (unpaired) electrons. The molecule has 1 aromatic heterocycles. The number of benzene rings is 1. The van der Waals surface area contributed by atoms with Crippen molar-refractivity contribution in [2.24, 2.45) is 0 Å². The largest absolute Gasteiger partial charge is 0.508 e. The second kappa shape index (κ2) is 7.21. The molecule has 0 saturated heterocycles. The summed E-state index contributed by atoms with van der Waals surface area (Å²) in [7, 11) is 1.60. The Morgan fingerprint density at radius 1 is 1.38 bits per heavy atom. The first-order valence-corrected chi connectivity index (χ1v) is 7.29. The monoisotopic (exact) mass is 307 g/mol. The molecule has 0 aliphatic rings. The molecule has 1 aromatic carbocycles. The number of aliphatic hydroxyl groups is 1. The number of hydrogen-bond acceptors (Lipinski definition) is 5. The van der Waals surface area contributed by atoms with Crippen LogP contribution in [0.3, 0.4) is 0 Å². The Labute approximate surface area is 126 Å². The molecule has 1 atom stereocenters. The van der Waals surface area contributed by atoms with Gasteiger partial charge in [0.2, 0.25) is 0 Å². The smallest absolute Gasteiger partial charge is 0.261 e. The van der Waals surface area contributed by atoms with Gasteiger partial charge in [-0.25, -0.2) is 0 Å². The molecule has 112 valence electrons. The second-order valence-corrected chi connectivity index (χ2v) is 5.48. The van der Waals surface area contributed by atoms with Crippen molar-refractivity contribution in [1.29, 1.82) is 0 Å². The van der Waals surface area contributed by atoms with Crippen LogP contribution in [0.4, 0.5) is 0 Å². The highest BCUT2D eigenvalue weighted by molar-refractivity contribution is 7.12. The molecule has 2 aromatic rings. The molecule has 0 aliphatic carbocycles. The first-order valence-electron chi connectivity index (χ1n) is 6.41. The van der Waals surface area contributed by atoms with Crippen molar-refractivity contribution in [2.75, 3.05) is 13.7 Å². The van der Waals surface area contributed by atoms with Crippen LogP contribution in [0.25, 0.3) is 0 Å². The van der Waals surface area contributed by atoms with E-state index in [9.17, 15) is 15.0 Å². The van der Waals surface area contributed by atoms with Gasteiger partial charge >= 0.3 is 0 Å². The second-order valence-electron chi connectivity index (χ2n) is 4.57. The van der Waals surface area contributed by atoms with Crippen LogP contribution >= 0.6 is 11.3 Å². The molecule has 0 fully saturated rings. The number of hydrogen-bond donors (Lipinski definition) is 3. The predicted molar refractivity (Wildman–Crippen MR) is 80.4 cm³/mol. The van der Waals surface area contributed by atoms with E-state index < -0.39 is 6.10 Å². The first kappa shape index (κ1) is 15.5. The predicted octanol–water partition coefficient (Wildman–Crippen LogP) is 2.06. The summed E-state index contributed by atoms with van der Waals surface area (Å²) in [6.07, 6.45) is -0.812. The summed E-state index contributed by atoms with van der Waals surface area (Å²) in [6.45, 7) is 0.584. The topological polar surface area (TPSA) is 78.8 Å². The maximum atomic E-state index is 12.0. The van der Waals surface area contributed by atoms with Crippen LogP contribution in [0.5, 0.6) is 5.75 Å². The summed E-state index contributed by atoms with van der Waals surface area (Å²) >= 11 is 1.34. The number of methoxy groups -OCH3 is 1. The summed E-state index contributed by atoms with van der Waals surface area (Å²) in [5.41, 5.74) is 1.59. The Morgan fingerprint density at radius 2 is 2.10 bits per heavy atom. The first-order chi connectivity index (χ1) is 10.1. The van der Waals surface area contributed by atoms with Crippen LogP contribution in [0, 0.1) is 0 Å². The lowest BCUT2D eigenvalue weighted by atomic mass is 10.1. The molecule has 1 amide bonds. The van der Waals surface area contributed by atoms with E-state index in [4.69, 9.17) is 4.74 Å². The van der Waals surface area contributed by atoms with Gasteiger partial charge in [-0.3, -0.25) is 4.79 Å². The van der Waals surface area contributed by atoms with Crippen LogP contribution in [0.2, 0.25) is 0 Å². The van der Waals surface area contributed by atoms with E-state index in [0.29, 0.717) is 17.0 Å². The number of nitrogens with one attached hydrogen (secondary N) is 1. The van der Waals surface area contributed by atoms with Gasteiger partial charge < -0.3 is 20.3 Å². The summed E-state index contributed by atoms with van der Waals surface area (Å²) in [6, 6.07) is 8.01. The van der Waals surface area contributed by atoms with Gasteiger partial charge in [0.05, 0.1) is 17.6 Å². The number of ether oxygens (including phenoxy) is 1. The van der Waals surface area contributed by atoms with Gasteiger partial charge in [0.25, 0.3) is 5.91 Å². The number of phenolic OH excluding ortho intramolecular Hbond substituents is 1. The van der Waals surface area contributed by atoms with Gasteiger partial charge in [-0.15, -0.1) is 11.3 Å². The van der Waals surface area contributed by atoms with E-state index >= 15 is 0 Å². The Hall–Kier alpha value is -1.89. The van der Waals surface area contributed by atoms with Crippen LogP contribution in [-0.2, 0) is 11.3 Å².